The van der Waals surface area contributed by atoms with Crippen LogP contribution in [0.25, 0.3) is 5.69 Å². The number of hydrogen-bond donors (Lipinski definition) is 1. The van der Waals surface area contributed by atoms with Gasteiger partial charge in [-0.3, -0.25) is 0 Å². The maximum Gasteiger partial charge on any atom is 0.0823 e. The molecule has 82 valence electrons. The van der Waals surface area contributed by atoms with E-state index in [1.807, 2.05) is 35.0 Å². The molecule has 0 spiro atoms. The van der Waals surface area contributed by atoms with Crippen LogP contribution in [0.1, 0.15) is 30.2 Å². The SMILES string of the molecule is O[C@H]1CCCc2c1cnn2-c1ccccc1. The lowest BCUT2D eigenvalue weighted by molar-refractivity contribution is 0.156. The lowest BCUT2D eigenvalue weighted by Crippen LogP contribution is -2.11. The second-order valence-corrected chi connectivity index (χ2v) is 4.20. The summed E-state index contributed by atoms with van der Waals surface area (Å²) in [7, 11) is 0. The zero-order chi connectivity index (χ0) is 11.0. The molecule has 0 fully saturated rings. The lowest BCUT2D eigenvalue weighted by Gasteiger charge is -2.18. The number of benzene rings is 1. The molecular formula is C13H14N2O. The van der Waals surface area contributed by atoms with Crippen LogP contribution in [0.2, 0.25) is 0 Å². The van der Waals surface area contributed by atoms with Gasteiger partial charge in [-0.2, -0.15) is 5.10 Å². The highest BCUT2D eigenvalue weighted by atomic mass is 16.3. The molecule has 2 aromatic rings. The van der Waals surface area contributed by atoms with E-state index in [9.17, 15) is 5.11 Å². The third-order valence-corrected chi connectivity index (χ3v) is 3.15. The topological polar surface area (TPSA) is 38.1 Å². The summed E-state index contributed by atoms with van der Waals surface area (Å²) < 4.78 is 1.94. The van der Waals surface area contributed by atoms with Crippen molar-refractivity contribution in [3.05, 3.63) is 47.8 Å². The molecule has 0 bridgehead atoms. The molecule has 0 unspecified atom stereocenters. The molecule has 0 saturated heterocycles. The summed E-state index contributed by atoms with van der Waals surface area (Å²) in [4.78, 5) is 0. The Kier molecular flexibility index (Phi) is 2.26. The molecule has 0 saturated carbocycles. The smallest absolute Gasteiger partial charge is 0.0823 e. The second-order valence-electron chi connectivity index (χ2n) is 4.20. The Labute approximate surface area is 94.3 Å². The van der Waals surface area contributed by atoms with Gasteiger partial charge >= 0.3 is 0 Å². The van der Waals surface area contributed by atoms with Crippen LogP contribution in [0.4, 0.5) is 0 Å². The quantitative estimate of drug-likeness (QED) is 0.790. The average Bonchev–Trinajstić information content (AvgIpc) is 2.75. The molecule has 1 aliphatic carbocycles. The minimum atomic E-state index is -0.332. The number of aliphatic hydroxyl groups is 1. The van der Waals surface area contributed by atoms with E-state index in [4.69, 9.17) is 0 Å². The van der Waals surface area contributed by atoms with Crippen LogP contribution >= 0.6 is 0 Å². The van der Waals surface area contributed by atoms with Gasteiger partial charge < -0.3 is 5.11 Å². The molecule has 1 atom stereocenters. The highest BCUT2D eigenvalue weighted by Crippen LogP contribution is 2.30. The Morgan fingerprint density at radius 3 is 2.88 bits per heavy atom. The highest BCUT2D eigenvalue weighted by Gasteiger charge is 2.22. The van der Waals surface area contributed by atoms with E-state index in [1.54, 1.807) is 6.20 Å². The van der Waals surface area contributed by atoms with Crippen molar-refractivity contribution < 1.29 is 5.11 Å². The lowest BCUT2D eigenvalue weighted by atomic mass is 9.95. The molecule has 1 N–H and O–H groups in total. The molecule has 16 heavy (non-hydrogen) atoms. The van der Waals surface area contributed by atoms with E-state index in [0.29, 0.717) is 0 Å². The van der Waals surface area contributed by atoms with Gasteiger partial charge in [0.2, 0.25) is 0 Å². The van der Waals surface area contributed by atoms with Gasteiger partial charge in [0.05, 0.1) is 23.7 Å². The van der Waals surface area contributed by atoms with Crippen molar-refractivity contribution in [2.24, 2.45) is 0 Å². The molecule has 0 amide bonds. The average molecular weight is 214 g/mol. The van der Waals surface area contributed by atoms with Gasteiger partial charge in [-0.1, -0.05) is 18.2 Å². The van der Waals surface area contributed by atoms with E-state index in [-0.39, 0.29) is 6.10 Å². The van der Waals surface area contributed by atoms with Gasteiger partial charge in [0, 0.05) is 5.56 Å². The Bertz CT molecular complexity index is 490. The fourth-order valence-corrected chi connectivity index (χ4v) is 2.33. The van der Waals surface area contributed by atoms with Gasteiger partial charge in [-0.05, 0) is 31.4 Å². The van der Waals surface area contributed by atoms with Crippen LogP contribution in [0, 0.1) is 0 Å². The number of aliphatic hydroxyl groups excluding tert-OH is 1. The van der Waals surface area contributed by atoms with Crippen molar-refractivity contribution in [2.45, 2.75) is 25.4 Å². The second kappa shape index (κ2) is 3.76. The first-order chi connectivity index (χ1) is 7.86. The molecule has 1 aromatic carbocycles. The zero-order valence-electron chi connectivity index (χ0n) is 9.00. The molecule has 0 aliphatic heterocycles. The Morgan fingerprint density at radius 1 is 1.25 bits per heavy atom. The van der Waals surface area contributed by atoms with E-state index >= 15 is 0 Å². The van der Waals surface area contributed by atoms with Crippen molar-refractivity contribution in [1.29, 1.82) is 0 Å². The monoisotopic (exact) mass is 214 g/mol. The Hall–Kier alpha value is -1.61. The first kappa shape index (κ1) is 9.60. The van der Waals surface area contributed by atoms with Crippen molar-refractivity contribution >= 4 is 0 Å². The Balaban J connectivity index is 2.10. The molecule has 3 nitrogen and oxygen atoms in total. The summed E-state index contributed by atoms with van der Waals surface area (Å²) in [5.74, 6) is 0. The van der Waals surface area contributed by atoms with Crippen LogP contribution in [-0.2, 0) is 6.42 Å². The van der Waals surface area contributed by atoms with E-state index in [2.05, 4.69) is 5.10 Å². The molecule has 1 aliphatic rings. The van der Waals surface area contributed by atoms with Crippen molar-refractivity contribution in [1.82, 2.24) is 9.78 Å². The standard InChI is InChI=1S/C13H14N2O/c16-13-8-4-7-12-11(13)9-14-15(12)10-5-2-1-3-6-10/h1-3,5-6,9,13,16H,4,7-8H2/t13-/m0/s1. The minimum absolute atomic E-state index is 0.332. The number of fused-ring (bicyclic) bond motifs is 1. The summed E-state index contributed by atoms with van der Waals surface area (Å²) in [6.07, 6.45) is 4.36. The number of nitrogens with zero attached hydrogens (tertiary/aromatic N) is 2. The van der Waals surface area contributed by atoms with Crippen LogP contribution in [0.5, 0.6) is 0 Å². The number of hydrogen-bond acceptors (Lipinski definition) is 2. The number of aromatic nitrogens is 2. The summed E-state index contributed by atoms with van der Waals surface area (Å²) in [6, 6.07) is 10.1. The first-order valence-electron chi connectivity index (χ1n) is 5.66. The summed E-state index contributed by atoms with van der Waals surface area (Å²) >= 11 is 0. The predicted octanol–water partition coefficient (Wildman–Crippen LogP) is 2.24. The summed E-state index contributed by atoms with van der Waals surface area (Å²) in [5.41, 5.74) is 3.22. The van der Waals surface area contributed by atoms with Crippen LogP contribution in [0.15, 0.2) is 36.5 Å². The third kappa shape index (κ3) is 1.44. The third-order valence-electron chi connectivity index (χ3n) is 3.15. The van der Waals surface area contributed by atoms with Crippen LogP contribution in [0.3, 0.4) is 0 Å². The largest absolute Gasteiger partial charge is 0.388 e. The normalized spacial score (nSPS) is 19.4. The van der Waals surface area contributed by atoms with Crippen LogP contribution < -0.4 is 0 Å². The fraction of sp³-hybridized carbons (Fsp3) is 0.308. The van der Waals surface area contributed by atoms with E-state index < -0.39 is 0 Å². The van der Waals surface area contributed by atoms with Gasteiger partial charge in [0.1, 0.15) is 0 Å². The molecule has 3 rings (SSSR count). The van der Waals surface area contributed by atoms with Crippen molar-refractivity contribution in [3.63, 3.8) is 0 Å². The number of para-hydroxylation sites is 1. The Morgan fingerprint density at radius 2 is 2.06 bits per heavy atom. The van der Waals surface area contributed by atoms with Gasteiger partial charge in [0.25, 0.3) is 0 Å². The fourth-order valence-electron chi connectivity index (χ4n) is 2.33. The number of rotatable bonds is 1. The maximum atomic E-state index is 9.87. The highest BCUT2D eigenvalue weighted by molar-refractivity contribution is 5.36. The maximum absolute atomic E-state index is 9.87. The van der Waals surface area contributed by atoms with Crippen LogP contribution in [-0.4, -0.2) is 14.9 Å². The molecule has 1 aromatic heterocycles. The van der Waals surface area contributed by atoms with Gasteiger partial charge in [0.15, 0.2) is 0 Å². The molecular weight excluding hydrogens is 200 g/mol. The van der Waals surface area contributed by atoms with E-state index in [1.165, 1.54) is 0 Å². The molecule has 3 heteroatoms. The molecule has 0 radical (unpaired) electrons. The zero-order valence-corrected chi connectivity index (χ0v) is 9.00. The van der Waals surface area contributed by atoms with Gasteiger partial charge in [-0.15, -0.1) is 0 Å². The summed E-state index contributed by atoms with van der Waals surface area (Å²) in [5, 5.41) is 14.2. The van der Waals surface area contributed by atoms with Gasteiger partial charge in [-0.25, -0.2) is 4.68 Å². The predicted molar refractivity (Wildman–Crippen MR) is 61.5 cm³/mol. The van der Waals surface area contributed by atoms with Crippen molar-refractivity contribution in [3.8, 4) is 5.69 Å². The minimum Gasteiger partial charge on any atom is -0.388 e. The van der Waals surface area contributed by atoms with Crippen molar-refractivity contribution in [2.75, 3.05) is 0 Å². The molecule has 1 heterocycles. The van der Waals surface area contributed by atoms with E-state index in [0.717, 1.165) is 36.2 Å². The summed E-state index contributed by atoms with van der Waals surface area (Å²) in [6.45, 7) is 0. The first-order valence-corrected chi connectivity index (χ1v) is 5.66.